The second-order valence-corrected chi connectivity index (χ2v) is 6.78. The Morgan fingerprint density at radius 1 is 1.45 bits per heavy atom. The zero-order chi connectivity index (χ0) is 15.9. The summed E-state index contributed by atoms with van der Waals surface area (Å²) in [5.41, 5.74) is 1.79. The summed E-state index contributed by atoms with van der Waals surface area (Å²) in [4.78, 5) is 15.7. The van der Waals surface area contributed by atoms with Crippen LogP contribution >= 0.6 is 11.8 Å². The number of carbonyl (C=O) groups excluding carboxylic acids is 1. The van der Waals surface area contributed by atoms with Crippen molar-refractivity contribution in [3.63, 3.8) is 0 Å². The van der Waals surface area contributed by atoms with Gasteiger partial charge in [-0.05, 0) is 38.8 Å². The summed E-state index contributed by atoms with van der Waals surface area (Å²) in [6, 6.07) is 7.87. The van der Waals surface area contributed by atoms with Gasteiger partial charge >= 0.3 is 0 Å². The first kappa shape index (κ1) is 17.1. The molecule has 1 atom stereocenters. The maximum Gasteiger partial charge on any atom is 0.255 e. The van der Waals surface area contributed by atoms with Crippen LogP contribution in [0, 0.1) is 0 Å². The number of ether oxygens (including phenoxy) is 1. The molecule has 1 unspecified atom stereocenters. The number of hydrogen-bond donors (Lipinski definition) is 0. The van der Waals surface area contributed by atoms with Crippen LogP contribution in [-0.4, -0.2) is 42.4 Å². The maximum atomic E-state index is 12.8. The largest absolute Gasteiger partial charge is 0.377 e. The van der Waals surface area contributed by atoms with Gasteiger partial charge in [-0.2, -0.15) is 0 Å². The molecule has 1 heterocycles. The van der Waals surface area contributed by atoms with Crippen molar-refractivity contribution in [3.05, 3.63) is 42.0 Å². The summed E-state index contributed by atoms with van der Waals surface area (Å²) in [5.74, 6) is 0.998. The Morgan fingerprint density at radius 3 is 2.86 bits per heavy atom. The van der Waals surface area contributed by atoms with Crippen LogP contribution in [0.25, 0.3) is 0 Å². The first-order chi connectivity index (χ1) is 10.6. The van der Waals surface area contributed by atoms with Crippen LogP contribution in [0.1, 0.15) is 37.0 Å². The van der Waals surface area contributed by atoms with E-state index < -0.39 is 0 Å². The van der Waals surface area contributed by atoms with Gasteiger partial charge in [-0.25, -0.2) is 0 Å². The molecule has 120 valence electrons. The zero-order valence-corrected chi connectivity index (χ0v) is 14.3. The van der Waals surface area contributed by atoms with Crippen molar-refractivity contribution in [2.24, 2.45) is 0 Å². The molecule has 0 N–H and O–H groups in total. The molecule has 2 rings (SSSR count). The molecule has 0 radical (unpaired) electrons. The molecule has 0 aromatic heterocycles. The topological polar surface area (TPSA) is 29.5 Å². The highest BCUT2D eigenvalue weighted by Gasteiger charge is 2.20. The number of likely N-dealkylation sites (N-methyl/N-ethyl adjacent to an activating group) is 1. The van der Waals surface area contributed by atoms with Gasteiger partial charge in [0.25, 0.3) is 5.91 Å². The number of carbonyl (C=O) groups is 1. The Morgan fingerprint density at radius 2 is 2.23 bits per heavy atom. The van der Waals surface area contributed by atoms with Gasteiger partial charge in [0.1, 0.15) is 0 Å². The molecule has 0 spiro atoms. The normalized spacial score (nSPS) is 17.5. The lowest BCUT2D eigenvalue weighted by molar-refractivity contribution is 0.0775. The molecule has 1 saturated heterocycles. The molecule has 1 fully saturated rings. The minimum atomic E-state index is 0.0842. The quantitative estimate of drug-likeness (QED) is 0.562. The van der Waals surface area contributed by atoms with E-state index in [2.05, 4.69) is 6.58 Å². The average molecular weight is 319 g/mol. The fraction of sp³-hybridized carbons (Fsp3) is 0.500. The minimum Gasteiger partial charge on any atom is -0.377 e. The van der Waals surface area contributed by atoms with Crippen molar-refractivity contribution < 1.29 is 9.53 Å². The smallest absolute Gasteiger partial charge is 0.255 e. The third-order valence-electron chi connectivity index (χ3n) is 3.70. The summed E-state index contributed by atoms with van der Waals surface area (Å²) in [6.45, 7) is 10.0. The highest BCUT2D eigenvalue weighted by Crippen LogP contribution is 2.27. The first-order valence-electron chi connectivity index (χ1n) is 7.89. The Bertz CT molecular complexity index is 524. The van der Waals surface area contributed by atoms with E-state index in [4.69, 9.17) is 4.74 Å². The first-order valence-corrected chi connectivity index (χ1v) is 8.87. The van der Waals surface area contributed by atoms with Gasteiger partial charge in [0, 0.05) is 30.3 Å². The third-order valence-corrected chi connectivity index (χ3v) is 4.90. The lowest BCUT2D eigenvalue weighted by Crippen LogP contribution is -2.32. The van der Waals surface area contributed by atoms with Crippen LogP contribution in [-0.2, 0) is 4.74 Å². The molecule has 0 saturated carbocycles. The number of thioether (sulfide) groups is 1. The lowest BCUT2D eigenvalue weighted by Gasteiger charge is -2.22. The Labute approximate surface area is 137 Å². The summed E-state index contributed by atoms with van der Waals surface area (Å²) < 4.78 is 5.67. The van der Waals surface area contributed by atoms with E-state index in [1.807, 2.05) is 43.0 Å². The number of hydrogen-bond acceptors (Lipinski definition) is 3. The predicted molar refractivity (Wildman–Crippen MR) is 92.5 cm³/mol. The fourth-order valence-electron chi connectivity index (χ4n) is 2.55. The predicted octanol–water partition coefficient (Wildman–Crippen LogP) is 4.00. The molecule has 1 aromatic rings. The molecule has 0 bridgehead atoms. The van der Waals surface area contributed by atoms with Gasteiger partial charge < -0.3 is 9.64 Å². The Hall–Kier alpha value is -1.26. The van der Waals surface area contributed by atoms with E-state index >= 15 is 0 Å². The van der Waals surface area contributed by atoms with Crippen molar-refractivity contribution in [3.8, 4) is 0 Å². The molecule has 1 amide bonds. The van der Waals surface area contributed by atoms with Crippen LogP contribution in [0.4, 0.5) is 0 Å². The third kappa shape index (κ3) is 4.62. The molecule has 0 aliphatic carbocycles. The fourth-order valence-corrected chi connectivity index (χ4v) is 3.67. The summed E-state index contributed by atoms with van der Waals surface area (Å²) in [5, 5.41) is 0. The second kappa shape index (κ2) is 8.39. The SMILES string of the molecule is C=C(C)CN(CC)C(=O)c1ccccc1SCC1CCCO1. The van der Waals surface area contributed by atoms with E-state index in [9.17, 15) is 4.79 Å². The van der Waals surface area contributed by atoms with Crippen molar-refractivity contribution in [2.75, 3.05) is 25.4 Å². The lowest BCUT2D eigenvalue weighted by atomic mass is 10.2. The van der Waals surface area contributed by atoms with Gasteiger partial charge in [-0.3, -0.25) is 4.79 Å². The molecule has 3 nitrogen and oxygen atoms in total. The van der Waals surface area contributed by atoms with Crippen LogP contribution in [0.2, 0.25) is 0 Å². The zero-order valence-electron chi connectivity index (χ0n) is 13.5. The maximum absolute atomic E-state index is 12.8. The van der Waals surface area contributed by atoms with Gasteiger partial charge in [-0.1, -0.05) is 24.3 Å². The molecular weight excluding hydrogens is 294 g/mol. The second-order valence-electron chi connectivity index (χ2n) is 5.72. The van der Waals surface area contributed by atoms with Crippen molar-refractivity contribution in [1.82, 2.24) is 4.90 Å². The minimum absolute atomic E-state index is 0.0842. The molecular formula is C18H25NO2S. The Kier molecular flexibility index (Phi) is 6.52. The van der Waals surface area contributed by atoms with Gasteiger partial charge in [0.05, 0.1) is 11.7 Å². The molecule has 1 aliphatic heterocycles. The molecule has 1 aliphatic rings. The van der Waals surface area contributed by atoms with Crippen LogP contribution in [0.5, 0.6) is 0 Å². The van der Waals surface area contributed by atoms with Crippen molar-refractivity contribution in [1.29, 1.82) is 0 Å². The van der Waals surface area contributed by atoms with E-state index in [0.717, 1.165) is 41.2 Å². The molecule has 22 heavy (non-hydrogen) atoms. The van der Waals surface area contributed by atoms with Crippen molar-refractivity contribution >= 4 is 17.7 Å². The van der Waals surface area contributed by atoms with Crippen LogP contribution < -0.4 is 0 Å². The highest BCUT2D eigenvalue weighted by atomic mass is 32.2. The van der Waals surface area contributed by atoms with E-state index in [-0.39, 0.29) is 5.91 Å². The summed E-state index contributed by atoms with van der Waals surface area (Å²) in [7, 11) is 0. The summed E-state index contributed by atoms with van der Waals surface area (Å²) in [6.07, 6.45) is 2.60. The Balaban J connectivity index is 2.08. The van der Waals surface area contributed by atoms with E-state index in [1.54, 1.807) is 11.8 Å². The van der Waals surface area contributed by atoms with Crippen molar-refractivity contribution in [2.45, 2.75) is 37.7 Å². The molecule has 4 heteroatoms. The number of amides is 1. The monoisotopic (exact) mass is 319 g/mol. The van der Waals surface area contributed by atoms with Crippen LogP contribution in [0.3, 0.4) is 0 Å². The van der Waals surface area contributed by atoms with Gasteiger partial charge in [0.2, 0.25) is 0 Å². The number of benzene rings is 1. The average Bonchev–Trinajstić information content (AvgIpc) is 3.03. The van der Waals surface area contributed by atoms with E-state index in [1.165, 1.54) is 0 Å². The standard InChI is InChI=1S/C18H25NO2S/c1-4-19(12-14(2)3)18(20)16-9-5-6-10-17(16)22-13-15-8-7-11-21-15/h5-6,9-10,15H,2,4,7-8,11-13H2,1,3H3. The molecule has 1 aromatic carbocycles. The van der Waals surface area contributed by atoms with Gasteiger partial charge in [-0.15, -0.1) is 11.8 Å². The highest BCUT2D eigenvalue weighted by molar-refractivity contribution is 7.99. The summed E-state index contributed by atoms with van der Waals surface area (Å²) >= 11 is 1.72. The van der Waals surface area contributed by atoms with Crippen LogP contribution in [0.15, 0.2) is 41.3 Å². The number of rotatable bonds is 7. The van der Waals surface area contributed by atoms with Gasteiger partial charge in [0.15, 0.2) is 0 Å². The number of nitrogens with zero attached hydrogens (tertiary/aromatic N) is 1. The van der Waals surface area contributed by atoms with E-state index in [0.29, 0.717) is 19.2 Å².